The average molecular weight is 262 g/mol. The van der Waals surface area contributed by atoms with Gasteiger partial charge in [-0.3, -0.25) is 0 Å². The summed E-state index contributed by atoms with van der Waals surface area (Å²) in [5.41, 5.74) is 2.32. The maximum Gasteiger partial charge on any atom is 0.123 e. The summed E-state index contributed by atoms with van der Waals surface area (Å²) in [4.78, 5) is 2.50. The van der Waals surface area contributed by atoms with E-state index in [4.69, 9.17) is 0 Å². The van der Waals surface area contributed by atoms with Gasteiger partial charge in [0.25, 0.3) is 0 Å². The molecule has 3 rings (SSSR count). The highest BCUT2D eigenvalue weighted by atomic mass is 19.1. The molecule has 0 aromatic heterocycles. The van der Waals surface area contributed by atoms with Crippen LogP contribution in [0.2, 0.25) is 0 Å². The lowest BCUT2D eigenvalue weighted by Gasteiger charge is -2.27. The Morgan fingerprint density at radius 2 is 1.79 bits per heavy atom. The van der Waals surface area contributed by atoms with Crippen molar-refractivity contribution < 1.29 is 4.39 Å². The lowest BCUT2D eigenvalue weighted by Crippen LogP contribution is -2.29. The molecule has 3 heteroatoms. The molecule has 0 heterocycles. The van der Waals surface area contributed by atoms with E-state index in [1.165, 1.54) is 31.4 Å². The molecule has 2 saturated carbocycles. The molecule has 0 bridgehead atoms. The predicted molar refractivity (Wildman–Crippen MR) is 76.8 cm³/mol. The Kier molecular flexibility index (Phi) is 3.74. The first-order valence-corrected chi connectivity index (χ1v) is 7.44. The topological polar surface area (TPSA) is 15.3 Å². The van der Waals surface area contributed by atoms with E-state index in [-0.39, 0.29) is 5.82 Å². The molecule has 1 N–H and O–H groups in total. The smallest absolute Gasteiger partial charge is 0.123 e. The summed E-state index contributed by atoms with van der Waals surface area (Å²) in [7, 11) is 1.92. The second-order valence-electron chi connectivity index (χ2n) is 6.10. The maximum atomic E-state index is 13.4. The van der Waals surface area contributed by atoms with E-state index in [0.717, 1.165) is 37.0 Å². The van der Waals surface area contributed by atoms with Gasteiger partial charge in [-0.15, -0.1) is 0 Å². The molecular weight excluding hydrogens is 239 g/mol. The third-order valence-corrected chi connectivity index (χ3v) is 4.10. The molecule has 0 spiro atoms. The summed E-state index contributed by atoms with van der Waals surface area (Å²) in [6, 6.07) is 5.24. The van der Waals surface area contributed by atoms with Crippen LogP contribution in [0.1, 0.15) is 31.2 Å². The van der Waals surface area contributed by atoms with Gasteiger partial charge in [-0.1, -0.05) is 0 Å². The number of nitrogens with zero attached hydrogens (tertiary/aromatic N) is 1. The number of benzene rings is 1. The van der Waals surface area contributed by atoms with Crippen molar-refractivity contribution in [3.63, 3.8) is 0 Å². The molecule has 19 heavy (non-hydrogen) atoms. The zero-order valence-electron chi connectivity index (χ0n) is 11.7. The Morgan fingerprint density at radius 1 is 1.16 bits per heavy atom. The lowest BCUT2D eigenvalue weighted by atomic mass is 10.1. The van der Waals surface area contributed by atoms with E-state index in [1.54, 1.807) is 12.1 Å². The fourth-order valence-corrected chi connectivity index (χ4v) is 2.69. The first kappa shape index (κ1) is 12.9. The largest absolute Gasteiger partial charge is 0.371 e. The lowest BCUT2D eigenvalue weighted by molar-refractivity contribution is 0.620. The average Bonchev–Trinajstić information content (AvgIpc) is 3.24. The van der Waals surface area contributed by atoms with Gasteiger partial charge in [0, 0.05) is 25.3 Å². The van der Waals surface area contributed by atoms with Crippen LogP contribution in [0, 0.1) is 17.7 Å². The summed E-state index contributed by atoms with van der Waals surface area (Å²) in [5, 5.41) is 3.15. The van der Waals surface area contributed by atoms with Crippen LogP contribution in [0.5, 0.6) is 0 Å². The number of anilines is 1. The van der Waals surface area contributed by atoms with Crippen molar-refractivity contribution in [2.75, 3.05) is 25.0 Å². The van der Waals surface area contributed by atoms with Crippen molar-refractivity contribution in [2.45, 2.75) is 32.2 Å². The highest BCUT2D eigenvalue weighted by molar-refractivity contribution is 5.54. The van der Waals surface area contributed by atoms with Gasteiger partial charge in [-0.2, -0.15) is 0 Å². The normalized spacial score (nSPS) is 18.6. The first-order chi connectivity index (χ1) is 9.26. The molecule has 1 aromatic carbocycles. The van der Waals surface area contributed by atoms with Crippen molar-refractivity contribution >= 4 is 5.69 Å². The van der Waals surface area contributed by atoms with Gasteiger partial charge < -0.3 is 10.2 Å². The fraction of sp³-hybridized carbons (Fsp3) is 0.625. The molecule has 0 radical (unpaired) electrons. The van der Waals surface area contributed by atoms with Crippen LogP contribution in [-0.4, -0.2) is 20.1 Å². The van der Waals surface area contributed by atoms with Gasteiger partial charge >= 0.3 is 0 Å². The number of halogens is 1. The van der Waals surface area contributed by atoms with Crippen LogP contribution in [0.15, 0.2) is 18.2 Å². The highest BCUT2D eigenvalue weighted by Crippen LogP contribution is 2.36. The molecular formula is C16H23FN2. The van der Waals surface area contributed by atoms with E-state index in [2.05, 4.69) is 10.2 Å². The Balaban J connectivity index is 1.81. The van der Waals surface area contributed by atoms with Crippen LogP contribution in [0.25, 0.3) is 0 Å². The van der Waals surface area contributed by atoms with Crippen molar-refractivity contribution in [3.8, 4) is 0 Å². The first-order valence-electron chi connectivity index (χ1n) is 7.44. The van der Waals surface area contributed by atoms with Crippen LogP contribution >= 0.6 is 0 Å². The summed E-state index contributed by atoms with van der Waals surface area (Å²) in [6.07, 6.45) is 5.46. The molecule has 2 fully saturated rings. The van der Waals surface area contributed by atoms with Crippen LogP contribution in [-0.2, 0) is 6.54 Å². The van der Waals surface area contributed by atoms with Gasteiger partial charge in [-0.05, 0) is 68.3 Å². The van der Waals surface area contributed by atoms with Crippen molar-refractivity contribution in [1.82, 2.24) is 5.32 Å². The Hall–Kier alpha value is -1.09. The molecule has 2 aliphatic rings. The number of hydrogen-bond acceptors (Lipinski definition) is 2. The standard InChI is InChI=1S/C16H23FN2/c1-18-9-14-8-15(17)6-7-16(14)19(10-12-2-3-12)11-13-4-5-13/h6-8,12-13,18H,2-5,9-11H2,1H3. The Morgan fingerprint density at radius 3 is 2.32 bits per heavy atom. The Labute approximate surface area is 115 Å². The van der Waals surface area contributed by atoms with Crippen molar-refractivity contribution in [3.05, 3.63) is 29.6 Å². The van der Waals surface area contributed by atoms with Gasteiger partial charge in [0.15, 0.2) is 0 Å². The monoisotopic (exact) mass is 262 g/mol. The van der Waals surface area contributed by atoms with E-state index >= 15 is 0 Å². The number of nitrogens with one attached hydrogen (secondary N) is 1. The van der Waals surface area contributed by atoms with Crippen LogP contribution in [0.3, 0.4) is 0 Å². The van der Waals surface area contributed by atoms with Gasteiger partial charge in [0.1, 0.15) is 5.82 Å². The van der Waals surface area contributed by atoms with Crippen molar-refractivity contribution in [1.29, 1.82) is 0 Å². The Bertz CT molecular complexity index is 424. The molecule has 0 aliphatic heterocycles. The summed E-state index contributed by atoms with van der Waals surface area (Å²) in [6.45, 7) is 3.04. The minimum atomic E-state index is -0.133. The molecule has 0 amide bonds. The van der Waals surface area contributed by atoms with Crippen LogP contribution < -0.4 is 10.2 Å². The molecule has 0 unspecified atom stereocenters. The molecule has 2 aliphatic carbocycles. The molecule has 2 nitrogen and oxygen atoms in total. The maximum absolute atomic E-state index is 13.4. The third kappa shape index (κ3) is 3.47. The summed E-state index contributed by atoms with van der Waals surface area (Å²) < 4.78 is 13.4. The van der Waals surface area contributed by atoms with Gasteiger partial charge in [-0.25, -0.2) is 4.39 Å². The minimum Gasteiger partial charge on any atom is -0.371 e. The van der Waals surface area contributed by atoms with Gasteiger partial charge in [0.05, 0.1) is 0 Å². The zero-order chi connectivity index (χ0) is 13.2. The number of hydrogen-bond donors (Lipinski definition) is 1. The fourth-order valence-electron chi connectivity index (χ4n) is 2.69. The molecule has 0 saturated heterocycles. The zero-order valence-corrected chi connectivity index (χ0v) is 11.7. The third-order valence-electron chi connectivity index (χ3n) is 4.10. The summed E-state index contributed by atoms with van der Waals surface area (Å²) in [5.74, 6) is 1.60. The van der Waals surface area contributed by atoms with Crippen molar-refractivity contribution in [2.24, 2.45) is 11.8 Å². The van der Waals surface area contributed by atoms with E-state index in [0.29, 0.717) is 0 Å². The molecule has 1 aromatic rings. The van der Waals surface area contributed by atoms with E-state index in [1.807, 2.05) is 13.1 Å². The highest BCUT2D eigenvalue weighted by Gasteiger charge is 2.30. The second kappa shape index (κ2) is 5.49. The quantitative estimate of drug-likeness (QED) is 0.812. The SMILES string of the molecule is CNCc1cc(F)ccc1N(CC1CC1)CC1CC1. The second-order valence-corrected chi connectivity index (χ2v) is 6.10. The van der Waals surface area contributed by atoms with E-state index in [9.17, 15) is 4.39 Å². The van der Waals surface area contributed by atoms with E-state index < -0.39 is 0 Å². The molecule has 104 valence electrons. The summed E-state index contributed by atoms with van der Waals surface area (Å²) >= 11 is 0. The minimum absolute atomic E-state index is 0.133. The molecule has 0 atom stereocenters. The van der Waals surface area contributed by atoms with Crippen LogP contribution in [0.4, 0.5) is 10.1 Å². The number of rotatable bonds is 7. The van der Waals surface area contributed by atoms with Gasteiger partial charge in [0.2, 0.25) is 0 Å². The predicted octanol–water partition coefficient (Wildman–Crippen LogP) is 3.17.